The van der Waals surface area contributed by atoms with Gasteiger partial charge < -0.3 is 23.1 Å². The Bertz CT molecular complexity index is 34.5. The third-order valence-corrected chi connectivity index (χ3v) is 0. The molecule has 0 aromatic carbocycles. The van der Waals surface area contributed by atoms with Crippen molar-refractivity contribution >= 4 is 11.3 Å². The van der Waals surface area contributed by atoms with Crippen molar-refractivity contribution in [3.8, 4) is 0 Å². The highest BCUT2D eigenvalue weighted by molar-refractivity contribution is 7.76. The number of hydrogen-bond acceptors (Lipinski definition) is 3. The van der Waals surface area contributed by atoms with Crippen molar-refractivity contribution in [3.05, 3.63) is 0 Å². The van der Waals surface area contributed by atoms with Gasteiger partial charge in [-0.2, -0.15) is 0 Å². The molecule has 0 rings (SSSR count). The topological polar surface area (TPSA) is 101 Å². The fourth-order valence-electron chi connectivity index (χ4n) is 0. The molecule has 0 radical (unpaired) electrons. The fraction of sp³-hybridized carbons (Fsp3) is 0. The van der Waals surface area contributed by atoms with Crippen LogP contribution in [0.25, 0.3) is 0 Å². The molecular weight excluding hydrogens is 128 g/mol. The van der Waals surface area contributed by atoms with Crippen LogP contribution < -0.4 is 23.7 Å². The monoisotopic (exact) mass is 132 g/mol. The summed E-state index contributed by atoms with van der Waals surface area (Å²) < 4.78 is 17.6. The second-order valence-corrected chi connectivity index (χ2v) is 0.781. The van der Waals surface area contributed by atoms with E-state index in [1.165, 1.54) is 0 Å². The average molecular weight is 133 g/mol. The van der Waals surface area contributed by atoms with Crippen molar-refractivity contribution < 1.29 is 21.2 Å². The van der Waals surface area contributed by atoms with Crippen molar-refractivity contribution in [1.82, 2.24) is 6.15 Å². The summed E-state index contributed by atoms with van der Waals surface area (Å²) in [5.41, 5.74) is 0. The molecule has 0 saturated carbocycles. The summed E-state index contributed by atoms with van der Waals surface area (Å²) in [6.07, 6.45) is 0. The van der Waals surface area contributed by atoms with Gasteiger partial charge >= 0.3 is 0 Å². The van der Waals surface area contributed by atoms with Crippen LogP contribution in [-0.2, 0) is 11.3 Å². The van der Waals surface area contributed by atoms with Crippen LogP contribution in [0.2, 0.25) is 0 Å². The van der Waals surface area contributed by atoms with E-state index < -0.39 is 11.3 Å². The molecule has 0 aliphatic carbocycles. The van der Waals surface area contributed by atoms with Gasteiger partial charge in [0.15, 0.2) is 0 Å². The zero-order valence-electron chi connectivity index (χ0n) is 2.89. The summed E-state index contributed by atoms with van der Waals surface area (Å²) in [6.45, 7) is 0. The van der Waals surface area contributed by atoms with E-state index in [0.717, 1.165) is 0 Å². The summed E-state index contributed by atoms with van der Waals surface area (Å²) in [5, 5.41) is 4.03. The highest BCUT2D eigenvalue weighted by Crippen LogP contribution is 1.33. The first kappa shape index (κ1) is 16.2. The smallest absolute Gasteiger partial charge is 0.0152 e. The van der Waals surface area contributed by atoms with Gasteiger partial charge in [-0.3, -0.25) is 9.35 Å². The molecule has 1 unspecified atom stereocenters. The van der Waals surface area contributed by atoms with Crippen LogP contribution in [0.3, 0.4) is 0 Å². The highest BCUT2D eigenvalue weighted by atomic mass is 35.5. The van der Waals surface area contributed by atoms with Crippen molar-refractivity contribution in [1.29, 1.82) is 0 Å². The van der Waals surface area contributed by atoms with E-state index in [1.807, 2.05) is 0 Å². The van der Waals surface area contributed by atoms with Gasteiger partial charge in [0.25, 0.3) is 0 Å². The first-order chi connectivity index (χ1) is 1.73. The molecule has 5 N–H and O–H groups in total. The van der Waals surface area contributed by atoms with Gasteiger partial charge in [-0.1, -0.05) is 0 Å². The number of rotatable bonds is 0. The average Bonchev–Trinajstić information content (AvgIpc) is 0.811. The zero-order chi connectivity index (χ0) is 3.58. The number of nitrogens with two attached hydrogens (primary N) is 1. The van der Waals surface area contributed by atoms with Crippen LogP contribution in [-0.4, -0.2) is 8.76 Å². The van der Waals surface area contributed by atoms with Crippen LogP contribution in [0.1, 0.15) is 0 Å². The molecule has 6 heteroatoms. The maximum absolute atomic E-state index is 8.78. The van der Waals surface area contributed by atoms with Crippen LogP contribution in [0.4, 0.5) is 0 Å². The van der Waals surface area contributed by atoms with E-state index in [2.05, 4.69) is 5.14 Å². The summed E-state index contributed by atoms with van der Waals surface area (Å²) in [5.74, 6) is 0. The minimum Gasteiger partial charge on any atom is -1.00 e. The summed E-state index contributed by atoms with van der Waals surface area (Å²) in [6, 6.07) is 0. The van der Waals surface area contributed by atoms with Gasteiger partial charge in [-0.15, -0.1) is 0 Å². The predicted molar refractivity (Wildman–Crippen MR) is 18.1 cm³/mol. The molecule has 0 aromatic heterocycles. The molecule has 0 heterocycles. The van der Waals surface area contributed by atoms with Crippen molar-refractivity contribution in [2.45, 2.75) is 0 Å². The van der Waals surface area contributed by atoms with Gasteiger partial charge in [-0.05, 0) is 0 Å². The molecule has 0 saturated heterocycles. The van der Waals surface area contributed by atoms with Gasteiger partial charge in [0.2, 0.25) is 0 Å². The SMILES string of the molecule is N.NS(=O)[O-].[Cl-]. The van der Waals surface area contributed by atoms with E-state index in [9.17, 15) is 0 Å². The Morgan fingerprint density at radius 2 is 1.67 bits per heavy atom. The predicted octanol–water partition coefficient (Wildman–Crippen LogP) is -4.09. The molecular formula is H5ClN2O2S-2. The Kier molecular flexibility index (Phi) is 24.4. The summed E-state index contributed by atoms with van der Waals surface area (Å²) >= 11 is -2.36. The molecule has 0 amide bonds. The molecule has 6 heavy (non-hydrogen) atoms. The molecule has 0 aliphatic heterocycles. The molecule has 0 aromatic rings. The largest absolute Gasteiger partial charge is 1.00 e. The first-order valence-corrected chi connectivity index (χ1v) is 1.71. The molecule has 0 bridgehead atoms. The lowest BCUT2D eigenvalue weighted by atomic mass is 13.9. The van der Waals surface area contributed by atoms with Gasteiger partial charge in [-0.25, -0.2) is 0 Å². The Hall–Kier alpha value is 0.320. The highest BCUT2D eigenvalue weighted by Gasteiger charge is 1.39. The summed E-state index contributed by atoms with van der Waals surface area (Å²) in [4.78, 5) is 0. The number of halogens is 1. The van der Waals surface area contributed by atoms with Crippen molar-refractivity contribution in [3.63, 3.8) is 0 Å². The van der Waals surface area contributed by atoms with Crippen LogP contribution in [0.15, 0.2) is 0 Å². The van der Waals surface area contributed by atoms with Gasteiger partial charge in [0, 0.05) is 11.3 Å². The molecule has 1 atom stereocenters. The third kappa shape index (κ3) is 465. The maximum Gasteiger partial charge on any atom is 0.0152 e. The lowest BCUT2D eigenvalue weighted by Gasteiger charge is -1.85. The molecule has 0 aliphatic rings. The van der Waals surface area contributed by atoms with Gasteiger partial charge in [0.05, 0.1) is 0 Å². The van der Waals surface area contributed by atoms with Crippen LogP contribution in [0, 0.1) is 0 Å². The van der Waals surface area contributed by atoms with Crippen LogP contribution in [0.5, 0.6) is 0 Å². The van der Waals surface area contributed by atoms with E-state index in [-0.39, 0.29) is 18.6 Å². The van der Waals surface area contributed by atoms with Gasteiger partial charge in [0.1, 0.15) is 0 Å². The minimum absolute atomic E-state index is 0. The van der Waals surface area contributed by atoms with Crippen molar-refractivity contribution in [2.75, 3.05) is 0 Å². The van der Waals surface area contributed by atoms with Crippen LogP contribution >= 0.6 is 0 Å². The Morgan fingerprint density at radius 3 is 1.67 bits per heavy atom. The number of hydrogen-bond donors (Lipinski definition) is 2. The first-order valence-electron chi connectivity index (χ1n) is 0.569. The van der Waals surface area contributed by atoms with E-state index in [4.69, 9.17) is 8.76 Å². The molecule has 0 spiro atoms. The Morgan fingerprint density at radius 1 is 1.67 bits per heavy atom. The standard InChI is InChI=1S/ClH.H3NO2S.H3N/c;1-4(2)3;/h1H;1H2,(H,2,3);1H3/p-2. The fourth-order valence-corrected chi connectivity index (χ4v) is 0. The molecule has 0 fully saturated rings. The van der Waals surface area contributed by atoms with E-state index >= 15 is 0 Å². The third-order valence-electron chi connectivity index (χ3n) is 0. The summed E-state index contributed by atoms with van der Waals surface area (Å²) in [7, 11) is 0. The Labute approximate surface area is 44.5 Å². The quantitative estimate of drug-likeness (QED) is 0.328. The minimum atomic E-state index is -2.36. The van der Waals surface area contributed by atoms with E-state index in [0.29, 0.717) is 0 Å². The van der Waals surface area contributed by atoms with E-state index in [1.54, 1.807) is 0 Å². The lowest BCUT2D eigenvalue weighted by Crippen LogP contribution is -3.00. The molecule has 42 valence electrons. The molecule has 4 nitrogen and oxygen atoms in total. The lowest BCUT2D eigenvalue weighted by molar-refractivity contribution is -0.00000401. The maximum atomic E-state index is 8.78. The second kappa shape index (κ2) is 9.01. The Balaban J connectivity index is -0.0000000450. The zero-order valence-corrected chi connectivity index (χ0v) is 4.46. The second-order valence-electron chi connectivity index (χ2n) is 0.260. The van der Waals surface area contributed by atoms with Crippen molar-refractivity contribution in [2.24, 2.45) is 5.14 Å². The normalized spacial score (nSPS) is 10.3.